The van der Waals surface area contributed by atoms with Crippen molar-refractivity contribution in [3.8, 4) is 0 Å². The number of rotatable bonds is 11. The molecular formula is C33H42O4. The van der Waals surface area contributed by atoms with Gasteiger partial charge in [-0.1, -0.05) is 76.9 Å². The quantitative estimate of drug-likeness (QED) is 0.177. The van der Waals surface area contributed by atoms with E-state index in [-0.39, 0.29) is 25.0 Å². The molecule has 0 aliphatic heterocycles. The van der Waals surface area contributed by atoms with Gasteiger partial charge in [-0.25, -0.2) is 0 Å². The normalized spacial score (nSPS) is 21.9. The van der Waals surface area contributed by atoms with Crippen molar-refractivity contribution in [2.24, 2.45) is 17.3 Å². The van der Waals surface area contributed by atoms with Crippen molar-refractivity contribution in [1.29, 1.82) is 0 Å². The van der Waals surface area contributed by atoms with Crippen LogP contribution in [0.15, 0.2) is 76.9 Å². The zero-order valence-corrected chi connectivity index (χ0v) is 23.5. The predicted octanol–water partition coefficient (Wildman–Crippen LogP) is 7.60. The van der Waals surface area contributed by atoms with E-state index in [9.17, 15) is 19.2 Å². The van der Waals surface area contributed by atoms with E-state index in [4.69, 9.17) is 0 Å². The molecular weight excluding hydrogens is 460 g/mol. The SMILES string of the molecule is CC(C)=CCCC(C)=CCC1(CC=C(C)C)C(=O)C(CC=C(C)C)C(=O)C(C(=O)c2ccccc2)C1=O. The summed E-state index contributed by atoms with van der Waals surface area (Å²) in [5, 5.41) is 0. The second-order valence-electron chi connectivity index (χ2n) is 11.0. The van der Waals surface area contributed by atoms with E-state index in [1.807, 2.05) is 52.8 Å². The molecule has 198 valence electrons. The van der Waals surface area contributed by atoms with Crippen LogP contribution < -0.4 is 0 Å². The molecule has 1 aromatic carbocycles. The molecule has 1 fully saturated rings. The van der Waals surface area contributed by atoms with Gasteiger partial charge in [0.1, 0.15) is 5.92 Å². The highest BCUT2D eigenvalue weighted by Gasteiger charge is 2.59. The van der Waals surface area contributed by atoms with Crippen molar-refractivity contribution in [3.05, 3.63) is 82.5 Å². The third-order valence-corrected chi connectivity index (χ3v) is 6.98. The minimum Gasteiger partial charge on any atom is -0.298 e. The average molecular weight is 503 g/mol. The molecule has 0 spiro atoms. The number of carbonyl (C=O) groups is 4. The van der Waals surface area contributed by atoms with Crippen LogP contribution >= 0.6 is 0 Å². The number of Topliss-reactive ketones (excluding diaryl/α,β-unsaturated/α-hetero) is 4. The van der Waals surface area contributed by atoms with Gasteiger partial charge in [0.15, 0.2) is 23.1 Å². The number of carbonyl (C=O) groups excluding carboxylic acids is 4. The Balaban J connectivity index is 2.63. The molecule has 3 atom stereocenters. The van der Waals surface area contributed by atoms with Gasteiger partial charge in [-0.15, -0.1) is 0 Å². The maximum absolute atomic E-state index is 14.1. The van der Waals surface area contributed by atoms with Gasteiger partial charge in [-0.05, 0) is 80.6 Å². The summed E-state index contributed by atoms with van der Waals surface area (Å²) in [6.45, 7) is 13.8. The van der Waals surface area contributed by atoms with Crippen LogP contribution in [-0.2, 0) is 14.4 Å². The fourth-order valence-electron chi connectivity index (χ4n) is 4.69. The van der Waals surface area contributed by atoms with Crippen LogP contribution in [0.4, 0.5) is 0 Å². The molecule has 4 nitrogen and oxygen atoms in total. The fourth-order valence-corrected chi connectivity index (χ4v) is 4.69. The lowest BCUT2D eigenvalue weighted by Crippen LogP contribution is -2.57. The summed E-state index contributed by atoms with van der Waals surface area (Å²) in [5.41, 5.74) is 3.15. The van der Waals surface area contributed by atoms with Crippen molar-refractivity contribution >= 4 is 23.1 Å². The van der Waals surface area contributed by atoms with Crippen LogP contribution in [0.3, 0.4) is 0 Å². The molecule has 4 heteroatoms. The van der Waals surface area contributed by atoms with Gasteiger partial charge in [-0.3, -0.25) is 19.2 Å². The summed E-state index contributed by atoms with van der Waals surface area (Å²) in [6, 6.07) is 8.45. The molecule has 0 aromatic heterocycles. The molecule has 0 saturated heterocycles. The van der Waals surface area contributed by atoms with Gasteiger partial charge in [-0.2, -0.15) is 0 Å². The van der Waals surface area contributed by atoms with E-state index in [1.54, 1.807) is 30.3 Å². The number of benzene rings is 1. The molecule has 1 aliphatic carbocycles. The first kappa shape index (κ1) is 30.1. The Labute approximate surface area is 222 Å². The lowest BCUT2D eigenvalue weighted by molar-refractivity contribution is -0.154. The average Bonchev–Trinajstić information content (AvgIpc) is 2.83. The highest BCUT2D eigenvalue weighted by atomic mass is 16.2. The Hall–Kier alpha value is -3.14. The second kappa shape index (κ2) is 13.4. The number of hydrogen-bond acceptors (Lipinski definition) is 4. The summed E-state index contributed by atoms with van der Waals surface area (Å²) in [6.07, 6.45) is 10.1. The van der Waals surface area contributed by atoms with E-state index in [2.05, 4.69) is 19.9 Å². The van der Waals surface area contributed by atoms with Crippen molar-refractivity contribution in [1.82, 2.24) is 0 Å². The number of ketones is 4. The van der Waals surface area contributed by atoms with E-state index < -0.39 is 34.6 Å². The van der Waals surface area contributed by atoms with E-state index in [1.165, 1.54) is 5.57 Å². The van der Waals surface area contributed by atoms with Crippen LogP contribution in [-0.4, -0.2) is 23.1 Å². The summed E-state index contributed by atoms with van der Waals surface area (Å²) >= 11 is 0. The summed E-state index contributed by atoms with van der Waals surface area (Å²) in [4.78, 5) is 55.4. The molecule has 0 heterocycles. The molecule has 3 unspecified atom stereocenters. The van der Waals surface area contributed by atoms with Crippen molar-refractivity contribution in [3.63, 3.8) is 0 Å². The van der Waals surface area contributed by atoms with Gasteiger partial charge in [0.25, 0.3) is 0 Å². The van der Waals surface area contributed by atoms with Crippen molar-refractivity contribution < 1.29 is 19.2 Å². The second-order valence-corrected chi connectivity index (χ2v) is 11.0. The van der Waals surface area contributed by atoms with Gasteiger partial charge in [0, 0.05) is 5.56 Å². The minimum absolute atomic E-state index is 0.182. The van der Waals surface area contributed by atoms with E-state index in [0.717, 1.165) is 29.6 Å². The van der Waals surface area contributed by atoms with E-state index >= 15 is 0 Å². The first-order valence-corrected chi connectivity index (χ1v) is 13.2. The fraction of sp³-hybridized carbons (Fsp3) is 0.455. The standard InChI is InChI=1S/C33H42O4/c1-22(2)12-11-13-25(7)19-21-33(20-18-24(5)6)31(36)27(17-16-23(3)4)30(35)28(32(33)37)29(34)26-14-9-8-10-15-26/h8-10,12,14-16,18-19,27-28H,11,13,17,20-21H2,1-7H3. The minimum atomic E-state index is -1.47. The maximum atomic E-state index is 14.1. The Bertz CT molecular complexity index is 1130. The Morgan fingerprint density at radius 1 is 0.757 bits per heavy atom. The topological polar surface area (TPSA) is 68.3 Å². The number of hydrogen-bond donors (Lipinski definition) is 0. The maximum Gasteiger partial charge on any atom is 0.180 e. The highest BCUT2D eigenvalue weighted by Crippen LogP contribution is 2.44. The van der Waals surface area contributed by atoms with Crippen LogP contribution in [0.2, 0.25) is 0 Å². The lowest BCUT2D eigenvalue weighted by Gasteiger charge is -2.39. The molecule has 0 N–H and O–H groups in total. The monoisotopic (exact) mass is 502 g/mol. The molecule has 0 radical (unpaired) electrons. The van der Waals surface area contributed by atoms with Gasteiger partial charge in [0.2, 0.25) is 0 Å². The van der Waals surface area contributed by atoms with Gasteiger partial charge >= 0.3 is 0 Å². The Morgan fingerprint density at radius 2 is 1.32 bits per heavy atom. The Morgan fingerprint density at radius 3 is 1.89 bits per heavy atom. The van der Waals surface area contributed by atoms with Gasteiger partial charge in [0.05, 0.1) is 11.3 Å². The molecule has 0 bridgehead atoms. The van der Waals surface area contributed by atoms with Crippen LogP contribution in [0.5, 0.6) is 0 Å². The summed E-state index contributed by atoms with van der Waals surface area (Å²) in [5.74, 6) is -4.50. The first-order valence-electron chi connectivity index (χ1n) is 13.2. The first-order chi connectivity index (χ1) is 17.4. The molecule has 2 rings (SSSR count). The van der Waals surface area contributed by atoms with E-state index in [0.29, 0.717) is 5.56 Å². The predicted molar refractivity (Wildman–Crippen MR) is 150 cm³/mol. The number of allylic oxidation sites excluding steroid dienone is 8. The van der Waals surface area contributed by atoms with Crippen LogP contribution in [0.1, 0.15) is 90.9 Å². The zero-order valence-electron chi connectivity index (χ0n) is 23.5. The van der Waals surface area contributed by atoms with Crippen molar-refractivity contribution in [2.45, 2.75) is 80.6 Å². The van der Waals surface area contributed by atoms with Gasteiger partial charge < -0.3 is 0 Å². The lowest BCUT2D eigenvalue weighted by atomic mass is 9.58. The van der Waals surface area contributed by atoms with Crippen molar-refractivity contribution in [2.75, 3.05) is 0 Å². The third kappa shape index (κ3) is 7.67. The molecule has 0 amide bonds. The van der Waals surface area contributed by atoms with Crippen LogP contribution in [0.25, 0.3) is 0 Å². The molecule has 37 heavy (non-hydrogen) atoms. The largest absolute Gasteiger partial charge is 0.298 e. The highest BCUT2D eigenvalue weighted by molar-refractivity contribution is 6.36. The smallest absolute Gasteiger partial charge is 0.180 e. The summed E-state index contributed by atoms with van der Waals surface area (Å²) in [7, 11) is 0. The zero-order chi connectivity index (χ0) is 27.8. The van der Waals surface area contributed by atoms with Crippen LogP contribution in [0, 0.1) is 17.3 Å². The summed E-state index contributed by atoms with van der Waals surface area (Å²) < 4.78 is 0. The molecule has 1 aliphatic rings. The Kier molecular flexibility index (Phi) is 10.9. The molecule has 1 saturated carbocycles. The third-order valence-electron chi connectivity index (χ3n) is 6.98. The molecule has 1 aromatic rings.